The second-order valence-corrected chi connectivity index (χ2v) is 7.39. The standard InChI is InChI=1S/C21H25N7O2/c1-15-4-5-18(10-16(15)2)30-17(3)21(29)27-8-6-26(7-9-27)19-11-20(24-13-23-19)28-14-22-12-25-28/h4-5,10-14,17H,6-9H2,1-3H3. The molecule has 0 N–H and O–H groups in total. The molecule has 3 heterocycles. The van der Waals surface area contributed by atoms with Gasteiger partial charge in [0.25, 0.3) is 5.91 Å². The van der Waals surface area contributed by atoms with Gasteiger partial charge in [0.1, 0.15) is 30.5 Å². The number of nitrogens with zero attached hydrogens (tertiary/aromatic N) is 7. The van der Waals surface area contributed by atoms with Gasteiger partial charge in [-0.15, -0.1) is 0 Å². The van der Waals surface area contributed by atoms with Crippen molar-refractivity contribution in [2.45, 2.75) is 26.9 Å². The Morgan fingerprint density at radius 2 is 1.77 bits per heavy atom. The van der Waals surface area contributed by atoms with Gasteiger partial charge >= 0.3 is 0 Å². The van der Waals surface area contributed by atoms with E-state index in [2.05, 4.69) is 31.9 Å². The summed E-state index contributed by atoms with van der Waals surface area (Å²) < 4.78 is 7.49. The van der Waals surface area contributed by atoms with Crippen LogP contribution in [0.2, 0.25) is 0 Å². The Labute approximate surface area is 175 Å². The molecule has 0 spiro atoms. The van der Waals surface area contributed by atoms with Gasteiger partial charge in [0.2, 0.25) is 0 Å². The van der Waals surface area contributed by atoms with E-state index < -0.39 is 6.10 Å². The van der Waals surface area contributed by atoms with Gasteiger partial charge in [0.15, 0.2) is 11.9 Å². The Kier molecular flexibility index (Phi) is 5.60. The lowest BCUT2D eigenvalue weighted by atomic mass is 10.1. The predicted molar refractivity (Wildman–Crippen MR) is 112 cm³/mol. The molecule has 1 aliphatic rings. The van der Waals surface area contributed by atoms with Gasteiger partial charge in [-0.1, -0.05) is 6.07 Å². The molecule has 1 aromatic carbocycles. The van der Waals surface area contributed by atoms with E-state index in [0.717, 1.165) is 17.1 Å². The van der Waals surface area contributed by atoms with E-state index in [1.165, 1.54) is 18.2 Å². The molecule has 156 valence electrons. The highest BCUT2D eigenvalue weighted by Crippen LogP contribution is 2.19. The first kappa shape index (κ1) is 19.8. The van der Waals surface area contributed by atoms with E-state index in [1.807, 2.05) is 36.1 Å². The number of ether oxygens (including phenoxy) is 1. The molecular formula is C21H25N7O2. The molecule has 1 atom stereocenters. The van der Waals surface area contributed by atoms with Crippen molar-refractivity contribution in [2.24, 2.45) is 0 Å². The average Bonchev–Trinajstić information content (AvgIpc) is 3.31. The van der Waals surface area contributed by atoms with Crippen molar-refractivity contribution in [1.29, 1.82) is 0 Å². The van der Waals surface area contributed by atoms with Gasteiger partial charge in [0, 0.05) is 32.2 Å². The van der Waals surface area contributed by atoms with Gasteiger partial charge < -0.3 is 14.5 Å². The van der Waals surface area contributed by atoms with Crippen molar-refractivity contribution in [3.05, 3.63) is 54.4 Å². The molecule has 9 heteroatoms. The van der Waals surface area contributed by atoms with Crippen molar-refractivity contribution in [2.75, 3.05) is 31.1 Å². The van der Waals surface area contributed by atoms with Crippen LogP contribution in [0, 0.1) is 13.8 Å². The van der Waals surface area contributed by atoms with E-state index in [0.29, 0.717) is 32.0 Å². The first-order valence-electron chi connectivity index (χ1n) is 9.96. The highest BCUT2D eigenvalue weighted by molar-refractivity contribution is 5.81. The van der Waals surface area contributed by atoms with Gasteiger partial charge in [-0.3, -0.25) is 4.79 Å². The molecule has 0 saturated carbocycles. The molecule has 9 nitrogen and oxygen atoms in total. The van der Waals surface area contributed by atoms with E-state index in [4.69, 9.17) is 4.74 Å². The Balaban J connectivity index is 1.35. The fourth-order valence-corrected chi connectivity index (χ4v) is 3.42. The molecule has 30 heavy (non-hydrogen) atoms. The fraction of sp³-hybridized carbons (Fsp3) is 0.381. The summed E-state index contributed by atoms with van der Waals surface area (Å²) in [6.45, 7) is 8.50. The number of carbonyl (C=O) groups excluding carboxylic acids is 1. The number of anilines is 1. The number of carbonyl (C=O) groups is 1. The summed E-state index contributed by atoms with van der Waals surface area (Å²) in [5, 5.41) is 4.10. The minimum absolute atomic E-state index is 0.00105. The molecule has 0 aliphatic carbocycles. The third-order valence-corrected chi connectivity index (χ3v) is 5.35. The summed E-state index contributed by atoms with van der Waals surface area (Å²) in [7, 11) is 0. The number of rotatable bonds is 5. The average molecular weight is 407 g/mol. The Morgan fingerprint density at radius 3 is 2.47 bits per heavy atom. The molecule has 1 amide bonds. The van der Waals surface area contributed by atoms with Gasteiger partial charge in [0.05, 0.1) is 0 Å². The summed E-state index contributed by atoms with van der Waals surface area (Å²) in [6, 6.07) is 7.76. The number of aromatic nitrogens is 5. The normalized spacial score (nSPS) is 15.2. The SMILES string of the molecule is Cc1ccc(OC(C)C(=O)N2CCN(c3cc(-n4cncn4)ncn3)CC2)cc1C. The van der Waals surface area contributed by atoms with Crippen LogP contribution in [0.25, 0.3) is 5.82 Å². The minimum atomic E-state index is -0.531. The maximum absolute atomic E-state index is 12.8. The lowest BCUT2D eigenvalue weighted by Gasteiger charge is -2.36. The molecule has 4 rings (SSSR count). The second-order valence-electron chi connectivity index (χ2n) is 7.39. The Bertz CT molecular complexity index is 1010. The summed E-state index contributed by atoms with van der Waals surface area (Å²) in [5.74, 6) is 2.19. The van der Waals surface area contributed by atoms with Crippen LogP contribution in [0.1, 0.15) is 18.1 Å². The third-order valence-electron chi connectivity index (χ3n) is 5.35. The molecule has 3 aromatic rings. The molecule has 1 fully saturated rings. The van der Waals surface area contributed by atoms with Crippen LogP contribution < -0.4 is 9.64 Å². The number of aryl methyl sites for hydroxylation is 2. The number of hydrogen-bond acceptors (Lipinski definition) is 7. The van der Waals surface area contributed by atoms with Crippen molar-refractivity contribution < 1.29 is 9.53 Å². The van der Waals surface area contributed by atoms with E-state index in [9.17, 15) is 4.79 Å². The maximum Gasteiger partial charge on any atom is 0.263 e. The molecular weight excluding hydrogens is 382 g/mol. The summed E-state index contributed by atoms with van der Waals surface area (Å²) >= 11 is 0. The van der Waals surface area contributed by atoms with Gasteiger partial charge in [-0.05, 0) is 44.0 Å². The molecule has 1 aliphatic heterocycles. The smallest absolute Gasteiger partial charge is 0.263 e. The quantitative estimate of drug-likeness (QED) is 0.637. The van der Waals surface area contributed by atoms with Crippen LogP contribution in [-0.4, -0.2) is 67.8 Å². The molecule has 1 saturated heterocycles. The topological polar surface area (TPSA) is 89.3 Å². The predicted octanol–water partition coefficient (Wildman–Crippen LogP) is 1.79. The van der Waals surface area contributed by atoms with Crippen molar-refractivity contribution in [1.82, 2.24) is 29.6 Å². The van der Waals surface area contributed by atoms with Crippen molar-refractivity contribution >= 4 is 11.7 Å². The van der Waals surface area contributed by atoms with Crippen LogP contribution in [0.3, 0.4) is 0 Å². The summed E-state index contributed by atoms with van der Waals surface area (Å²) in [4.78, 5) is 29.4. The highest BCUT2D eigenvalue weighted by atomic mass is 16.5. The zero-order chi connectivity index (χ0) is 21.1. The molecule has 0 radical (unpaired) electrons. The first-order chi connectivity index (χ1) is 14.5. The molecule has 2 aromatic heterocycles. The van der Waals surface area contributed by atoms with Crippen LogP contribution in [0.4, 0.5) is 5.82 Å². The first-order valence-corrected chi connectivity index (χ1v) is 9.96. The van der Waals surface area contributed by atoms with Gasteiger partial charge in [-0.2, -0.15) is 5.10 Å². The lowest BCUT2D eigenvalue weighted by molar-refractivity contribution is -0.138. The van der Waals surface area contributed by atoms with Crippen molar-refractivity contribution in [3.63, 3.8) is 0 Å². The van der Waals surface area contributed by atoms with Gasteiger partial charge in [-0.25, -0.2) is 19.6 Å². The van der Waals surface area contributed by atoms with E-state index >= 15 is 0 Å². The van der Waals surface area contributed by atoms with Crippen molar-refractivity contribution in [3.8, 4) is 11.6 Å². The number of hydrogen-bond donors (Lipinski definition) is 0. The zero-order valence-electron chi connectivity index (χ0n) is 17.4. The maximum atomic E-state index is 12.8. The summed E-state index contributed by atoms with van der Waals surface area (Å²) in [5.41, 5.74) is 2.35. The van der Waals surface area contributed by atoms with E-state index in [-0.39, 0.29) is 5.91 Å². The number of amides is 1. The zero-order valence-corrected chi connectivity index (χ0v) is 17.4. The number of piperazine rings is 1. The fourth-order valence-electron chi connectivity index (χ4n) is 3.42. The van der Waals surface area contributed by atoms with Crippen LogP contribution in [0.15, 0.2) is 43.2 Å². The van der Waals surface area contributed by atoms with Crippen LogP contribution >= 0.6 is 0 Å². The van der Waals surface area contributed by atoms with E-state index in [1.54, 1.807) is 17.9 Å². The Hall–Kier alpha value is -3.49. The Morgan fingerprint density at radius 1 is 1.00 bits per heavy atom. The largest absolute Gasteiger partial charge is 0.481 e. The highest BCUT2D eigenvalue weighted by Gasteiger charge is 2.26. The molecule has 1 unspecified atom stereocenters. The third kappa shape index (κ3) is 4.24. The number of benzene rings is 1. The lowest BCUT2D eigenvalue weighted by Crippen LogP contribution is -2.52. The second kappa shape index (κ2) is 8.48. The van der Waals surface area contributed by atoms with Crippen LogP contribution in [0.5, 0.6) is 5.75 Å². The summed E-state index contributed by atoms with van der Waals surface area (Å²) in [6.07, 6.45) is 4.05. The van der Waals surface area contributed by atoms with Crippen LogP contribution in [-0.2, 0) is 4.79 Å². The minimum Gasteiger partial charge on any atom is -0.481 e. The monoisotopic (exact) mass is 407 g/mol. The molecule has 0 bridgehead atoms.